The van der Waals surface area contributed by atoms with E-state index in [1.807, 2.05) is 0 Å². The minimum absolute atomic E-state index is 0.249. The molecule has 0 atom stereocenters. The Morgan fingerprint density at radius 1 is 1.38 bits per heavy atom. The lowest BCUT2D eigenvalue weighted by Crippen LogP contribution is -2.36. The zero-order valence-electron chi connectivity index (χ0n) is 4.62. The number of hydrogen-bond acceptors (Lipinski definition) is 4. The predicted octanol–water partition coefficient (Wildman–Crippen LogP) is -1.79. The topological polar surface area (TPSA) is 36.9 Å². The van der Waals surface area contributed by atoms with Gasteiger partial charge in [-0.1, -0.05) is 0 Å². The summed E-state index contributed by atoms with van der Waals surface area (Å²) in [6, 6.07) is 0. The molecule has 0 spiro atoms. The second-order valence-electron chi connectivity index (χ2n) is 1.30. The molecule has 7 heteroatoms. The molecule has 1 heterocycles. The van der Waals surface area contributed by atoms with Crippen LogP contribution in [-0.4, -0.2) is 29.8 Å². The van der Waals surface area contributed by atoms with Gasteiger partial charge in [0.25, 0.3) is 0 Å². The average molecular weight is 113 g/mol. The van der Waals surface area contributed by atoms with Gasteiger partial charge in [0.15, 0.2) is 0 Å². The highest BCUT2D eigenvalue weighted by Gasteiger charge is 2.23. The van der Waals surface area contributed by atoms with Crippen LogP contribution in [0.3, 0.4) is 0 Å². The van der Waals surface area contributed by atoms with Crippen molar-refractivity contribution < 1.29 is 18.4 Å². The molecule has 0 radical (unpaired) electrons. The van der Waals surface area contributed by atoms with Crippen molar-refractivity contribution >= 4 is 22.7 Å². The summed E-state index contributed by atoms with van der Waals surface area (Å²) >= 11 is 0. The van der Waals surface area contributed by atoms with Crippen molar-refractivity contribution in [3.8, 4) is 0 Å². The van der Waals surface area contributed by atoms with Gasteiger partial charge in [0.1, 0.15) is 0 Å². The molecule has 1 rings (SSSR count). The van der Waals surface area contributed by atoms with Crippen LogP contribution in [-0.2, 0) is 18.4 Å². The molecule has 0 aromatic carbocycles. The summed E-state index contributed by atoms with van der Waals surface area (Å²) in [5.41, 5.74) is 0. The molecule has 0 N–H and O–H groups in total. The van der Waals surface area contributed by atoms with Crippen LogP contribution in [0, 0.1) is 0 Å². The molecule has 0 saturated carbocycles. The molecule has 0 aromatic rings. The van der Waals surface area contributed by atoms with Crippen molar-refractivity contribution in [3.05, 3.63) is 0 Å². The molecular weight excluding hydrogens is 108 g/mol. The zero-order chi connectivity index (χ0) is 5.82. The van der Waals surface area contributed by atoms with Crippen molar-refractivity contribution in [3.63, 3.8) is 0 Å². The summed E-state index contributed by atoms with van der Waals surface area (Å²) in [5.74, 6) is 0. The van der Waals surface area contributed by atoms with Crippen molar-refractivity contribution in [2.75, 3.05) is 7.11 Å². The van der Waals surface area contributed by atoms with Crippen molar-refractivity contribution in [1.82, 2.24) is 0 Å². The fourth-order valence-electron chi connectivity index (χ4n) is 0.426. The summed E-state index contributed by atoms with van der Waals surface area (Å²) in [7, 11) is 1.47. The monoisotopic (exact) mass is 114 g/mol. The fraction of sp³-hybridized carbons (Fsp3) is 1.00. The summed E-state index contributed by atoms with van der Waals surface area (Å²) < 4.78 is 18.9. The molecule has 0 amide bonds. The average Bonchev–Trinajstić information content (AvgIpc) is 1.90. The Balaban J connectivity index is 2.13. The van der Waals surface area contributed by atoms with Crippen LogP contribution in [0.5, 0.6) is 0 Å². The summed E-state index contributed by atoms with van der Waals surface area (Å²) in [5, 5.41) is 0. The van der Waals surface area contributed by atoms with Crippen LogP contribution in [0.2, 0.25) is 0 Å². The van der Waals surface area contributed by atoms with Crippen molar-refractivity contribution in [1.29, 1.82) is 0 Å². The van der Waals surface area contributed by atoms with E-state index in [4.69, 9.17) is 9.14 Å². The molecule has 1 saturated heterocycles. The van der Waals surface area contributed by atoms with E-state index in [-0.39, 0.29) is 15.4 Å². The highest BCUT2D eigenvalue weighted by atomic mass is 16.8. The maximum atomic E-state index is 4.76. The van der Waals surface area contributed by atoms with E-state index in [1.165, 1.54) is 7.11 Å². The van der Waals surface area contributed by atoms with Crippen LogP contribution in [0.4, 0.5) is 0 Å². The Kier molecular flexibility index (Phi) is 2.42. The molecule has 42 valence electrons. The minimum Gasteiger partial charge on any atom is -0.458 e. The Bertz CT molecular complexity index is 62.3. The third-order valence-electron chi connectivity index (χ3n) is 0.767. The first-order chi connectivity index (χ1) is 3.93. The standard InChI is InChI=1S/CH5B3O4/c1-5-4-7-2-6-3-8-4/h2-3H,1H3. The van der Waals surface area contributed by atoms with Gasteiger partial charge in [0.05, 0.1) is 0 Å². The molecule has 1 fully saturated rings. The Morgan fingerprint density at radius 2 is 2.00 bits per heavy atom. The first kappa shape index (κ1) is 6.16. The second kappa shape index (κ2) is 3.14. The van der Waals surface area contributed by atoms with Gasteiger partial charge in [-0.15, -0.1) is 0 Å². The lowest BCUT2D eigenvalue weighted by molar-refractivity contribution is 0.208. The van der Waals surface area contributed by atoms with Gasteiger partial charge in [-0.2, -0.15) is 0 Å². The van der Waals surface area contributed by atoms with Gasteiger partial charge in [0, 0.05) is 7.11 Å². The van der Waals surface area contributed by atoms with Crippen molar-refractivity contribution in [2.24, 2.45) is 0 Å². The summed E-state index contributed by atoms with van der Waals surface area (Å²) in [4.78, 5) is 0. The van der Waals surface area contributed by atoms with Crippen LogP contribution in [0.15, 0.2) is 0 Å². The number of hydrogen-bond donors (Lipinski definition) is 0. The molecule has 4 nitrogen and oxygen atoms in total. The quantitative estimate of drug-likeness (QED) is 0.377. The highest BCUT2D eigenvalue weighted by molar-refractivity contribution is 6.57. The molecule has 0 unspecified atom stereocenters. The van der Waals surface area contributed by atoms with Crippen molar-refractivity contribution in [2.45, 2.75) is 0 Å². The molecule has 1 aliphatic rings. The van der Waals surface area contributed by atoms with Gasteiger partial charge < -0.3 is 18.4 Å². The van der Waals surface area contributed by atoms with E-state index < -0.39 is 7.32 Å². The lowest BCUT2D eigenvalue weighted by Gasteiger charge is -2.15. The molecule has 0 bridgehead atoms. The molecule has 0 aliphatic carbocycles. The van der Waals surface area contributed by atoms with E-state index in [1.54, 1.807) is 0 Å². The molecule has 8 heavy (non-hydrogen) atoms. The number of rotatable bonds is 1. The summed E-state index contributed by atoms with van der Waals surface area (Å²) in [6.07, 6.45) is 0. The Morgan fingerprint density at radius 3 is 2.38 bits per heavy atom. The van der Waals surface area contributed by atoms with E-state index in [0.29, 0.717) is 0 Å². The third-order valence-corrected chi connectivity index (χ3v) is 0.767. The minimum atomic E-state index is -0.538. The highest BCUT2D eigenvalue weighted by Crippen LogP contribution is 1.92. The Hall–Kier alpha value is 0.0348. The van der Waals surface area contributed by atoms with Gasteiger partial charge in [-0.3, -0.25) is 0 Å². The van der Waals surface area contributed by atoms with Gasteiger partial charge in [0.2, 0.25) is 0 Å². The van der Waals surface area contributed by atoms with Gasteiger partial charge in [-0.05, 0) is 0 Å². The van der Waals surface area contributed by atoms with Gasteiger partial charge >= 0.3 is 22.7 Å². The fourth-order valence-corrected chi connectivity index (χ4v) is 0.426. The van der Waals surface area contributed by atoms with Crippen LogP contribution in [0.25, 0.3) is 0 Å². The van der Waals surface area contributed by atoms with Crippen LogP contribution < -0.4 is 0 Å². The Labute approximate surface area is 49.2 Å². The van der Waals surface area contributed by atoms with Gasteiger partial charge in [-0.25, -0.2) is 0 Å². The van der Waals surface area contributed by atoms with E-state index in [0.717, 1.165) is 0 Å². The van der Waals surface area contributed by atoms with E-state index in [2.05, 4.69) is 9.23 Å². The first-order valence-corrected chi connectivity index (χ1v) is 2.27. The maximum absolute atomic E-state index is 4.76. The smallest absolute Gasteiger partial charge is 0.458 e. The second-order valence-corrected chi connectivity index (χ2v) is 1.30. The van der Waals surface area contributed by atoms with Crippen LogP contribution in [0.1, 0.15) is 0 Å². The van der Waals surface area contributed by atoms with E-state index >= 15 is 0 Å². The largest absolute Gasteiger partial charge is 0.610 e. The maximum Gasteiger partial charge on any atom is 0.610 e. The SMILES string of the molecule is COB1OBOBO1. The zero-order valence-corrected chi connectivity index (χ0v) is 4.62. The van der Waals surface area contributed by atoms with Crippen LogP contribution >= 0.6 is 0 Å². The lowest BCUT2D eigenvalue weighted by atomic mass is 10.1. The molecule has 0 aromatic heterocycles. The molecule has 1 aliphatic heterocycles. The summed E-state index contributed by atoms with van der Waals surface area (Å²) in [6.45, 7) is 0. The third kappa shape index (κ3) is 1.52. The predicted molar refractivity (Wildman–Crippen MR) is 30.3 cm³/mol. The molecular formula is CH5B3O4. The first-order valence-electron chi connectivity index (χ1n) is 2.27. The van der Waals surface area contributed by atoms with E-state index in [9.17, 15) is 0 Å². The normalized spacial score (nSPS) is 19.4.